The zero-order valence-corrected chi connectivity index (χ0v) is 8.57. The van der Waals surface area contributed by atoms with Gasteiger partial charge in [-0.05, 0) is 18.9 Å². The lowest BCUT2D eigenvalue weighted by Gasteiger charge is -1.99. The number of sulfone groups is 1. The molecule has 0 saturated carbocycles. The molecule has 1 heterocycles. The van der Waals surface area contributed by atoms with Gasteiger partial charge in [0.05, 0.1) is 5.75 Å². The number of hydrogen-bond acceptors (Lipinski definition) is 4. The predicted octanol–water partition coefficient (Wildman–Crippen LogP) is 1.22. The summed E-state index contributed by atoms with van der Waals surface area (Å²) < 4.78 is 23.1. The van der Waals surface area contributed by atoms with Crippen molar-refractivity contribution in [3.8, 4) is 0 Å². The van der Waals surface area contributed by atoms with Crippen molar-refractivity contribution in [1.82, 2.24) is 9.97 Å². The third-order valence-electron chi connectivity index (χ3n) is 1.64. The summed E-state index contributed by atoms with van der Waals surface area (Å²) in [4.78, 5) is 7.41. The molecule has 0 aliphatic carbocycles. The summed E-state index contributed by atoms with van der Waals surface area (Å²) in [6.07, 6.45) is 5.79. The van der Waals surface area contributed by atoms with Crippen molar-refractivity contribution in [3.63, 3.8) is 0 Å². The van der Waals surface area contributed by atoms with Gasteiger partial charge < -0.3 is 0 Å². The molecule has 1 aromatic heterocycles. The van der Waals surface area contributed by atoms with Gasteiger partial charge in [0.15, 0.2) is 0 Å². The van der Waals surface area contributed by atoms with Crippen LogP contribution in [0.1, 0.15) is 12.8 Å². The lowest BCUT2D eigenvalue weighted by atomic mass is 10.3. The summed E-state index contributed by atoms with van der Waals surface area (Å²) in [7, 11) is -3.30. The quantitative estimate of drug-likeness (QED) is 0.418. The largest absolute Gasteiger partial charge is 0.246 e. The normalized spacial score (nSPS) is 11.1. The van der Waals surface area contributed by atoms with E-state index in [1.165, 1.54) is 12.4 Å². The fourth-order valence-corrected chi connectivity index (χ4v) is 2.13. The van der Waals surface area contributed by atoms with Gasteiger partial charge in [0.25, 0.3) is 0 Å². The Bertz CT molecular complexity index is 387. The van der Waals surface area contributed by atoms with Gasteiger partial charge in [0.2, 0.25) is 15.0 Å². The molecule has 0 aromatic carbocycles. The number of nitrogens with zero attached hydrogens (tertiary/aromatic N) is 2. The highest BCUT2D eigenvalue weighted by atomic mass is 32.2. The highest BCUT2D eigenvalue weighted by molar-refractivity contribution is 7.91. The molecule has 0 aliphatic rings. The van der Waals surface area contributed by atoms with Gasteiger partial charge in [0, 0.05) is 12.4 Å². The van der Waals surface area contributed by atoms with E-state index >= 15 is 0 Å². The Morgan fingerprint density at radius 2 is 2.00 bits per heavy atom. The van der Waals surface area contributed by atoms with E-state index in [-0.39, 0.29) is 10.9 Å². The van der Waals surface area contributed by atoms with Crippen LogP contribution < -0.4 is 0 Å². The van der Waals surface area contributed by atoms with E-state index in [9.17, 15) is 8.42 Å². The maximum atomic E-state index is 11.5. The van der Waals surface area contributed by atoms with Crippen molar-refractivity contribution in [2.75, 3.05) is 5.75 Å². The average Bonchev–Trinajstić information content (AvgIpc) is 2.19. The Labute approximate surface area is 83.6 Å². The van der Waals surface area contributed by atoms with E-state index in [4.69, 9.17) is 0 Å². The van der Waals surface area contributed by atoms with E-state index in [0.29, 0.717) is 12.8 Å². The summed E-state index contributed by atoms with van der Waals surface area (Å²) >= 11 is 0. The topological polar surface area (TPSA) is 59.9 Å². The van der Waals surface area contributed by atoms with Crippen molar-refractivity contribution in [1.29, 1.82) is 0 Å². The van der Waals surface area contributed by atoms with Crippen LogP contribution in [0.2, 0.25) is 0 Å². The van der Waals surface area contributed by atoms with Crippen LogP contribution in [0.3, 0.4) is 0 Å². The molecule has 0 radical (unpaired) electrons. The summed E-state index contributed by atoms with van der Waals surface area (Å²) in [5, 5.41) is -0.0935. The monoisotopic (exact) mass is 212 g/mol. The second-order valence-electron chi connectivity index (χ2n) is 2.78. The van der Waals surface area contributed by atoms with E-state index in [0.717, 1.165) is 0 Å². The van der Waals surface area contributed by atoms with Crippen LogP contribution >= 0.6 is 0 Å². The van der Waals surface area contributed by atoms with Crippen molar-refractivity contribution in [2.45, 2.75) is 18.0 Å². The van der Waals surface area contributed by atoms with Crippen LogP contribution in [0, 0.1) is 0 Å². The van der Waals surface area contributed by atoms with E-state index in [1.54, 1.807) is 12.1 Å². The number of allylic oxidation sites excluding steroid dienone is 1. The molecule has 0 N–H and O–H groups in total. The Hall–Kier alpha value is -1.23. The van der Waals surface area contributed by atoms with Crippen LogP contribution in [-0.2, 0) is 9.84 Å². The SMILES string of the molecule is C=CCCCS(=O)(=O)c1ncccn1. The van der Waals surface area contributed by atoms with Gasteiger partial charge in [0.1, 0.15) is 0 Å². The fraction of sp³-hybridized carbons (Fsp3) is 0.333. The van der Waals surface area contributed by atoms with Gasteiger partial charge in [-0.2, -0.15) is 0 Å². The Morgan fingerprint density at radius 1 is 1.36 bits per heavy atom. The maximum absolute atomic E-state index is 11.5. The molecule has 0 saturated heterocycles. The average molecular weight is 212 g/mol. The molecular formula is C9H12N2O2S. The fourth-order valence-electron chi connectivity index (χ4n) is 0.955. The maximum Gasteiger partial charge on any atom is 0.246 e. The summed E-state index contributed by atoms with van der Waals surface area (Å²) in [5.41, 5.74) is 0. The molecule has 1 rings (SSSR count). The van der Waals surface area contributed by atoms with E-state index in [2.05, 4.69) is 16.5 Å². The molecule has 76 valence electrons. The van der Waals surface area contributed by atoms with Crippen LogP contribution in [0.5, 0.6) is 0 Å². The van der Waals surface area contributed by atoms with E-state index < -0.39 is 9.84 Å². The van der Waals surface area contributed by atoms with Gasteiger partial charge in [-0.15, -0.1) is 6.58 Å². The van der Waals surface area contributed by atoms with E-state index in [1.807, 2.05) is 0 Å². The highest BCUT2D eigenvalue weighted by Gasteiger charge is 2.15. The first kappa shape index (κ1) is 10.8. The lowest BCUT2D eigenvalue weighted by Crippen LogP contribution is -2.10. The minimum absolute atomic E-state index is 0.0725. The second kappa shape index (κ2) is 4.85. The molecule has 0 spiro atoms. The molecule has 0 atom stereocenters. The molecule has 0 amide bonds. The molecule has 5 heteroatoms. The van der Waals surface area contributed by atoms with Gasteiger partial charge in [-0.3, -0.25) is 0 Å². The molecular weight excluding hydrogens is 200 g/mol. The first-order valence-electron chi connectivity index (χ1n) is 4.27. The third kappa shape index (κ3) is 2.92. The first-order chi connectivity index (χ1) is 6.67. The van der Waals surface area contributed by atoms with Crippen molar-refractivity contribution < 1.29 is 8.42 Å². The molecule has 14 heavy (non-hydrogen) atoms. The Morgan fingerprint density at radius 3 is 2.57 bits per heavy atom. The van der Waals surface area contributed by atoms with Gasteiger partial charge in [-0.1, -0.05) is 6.08 Å². The molecule has 0 unspecified atom stereocenters. The van der Waals surface area contributed by atoms with Crippen LogP contribution in [-0.4, -0.2) is 24.1 Å². The van der Waals surface area contributed by atoms with Gasteiger partial charge >= 0.3 is 0 Å². The molecule has 1 aromatic rings. The standard InChI is InChI=1S/C9H12N2O2S/c1-2-3-4-8-14(12,13)9-10-6-5-7-11-9/h2,5-7H,1,3-4,8H2. The third-order valence-corrected chi connectivity index (χ3v) is 3.23. The molecule has 0 fully saturated rings. The molecule has 4 nitrogen and oxygen atoms in total. The smallest absolute Gasteiger partial charge is 0.227 e. The van der Waals surface area contributed by atoms with Crippen molar-refractivity contribution in [2.24, 2.45) is 0 Å². The van der Waals surface area contributed by atoms with Crippen LogP contribution in [0.4, 0.5) is 0 Å². The number of aromatic nitrogens is 2. The first-order valence-corrected chi connectivity index (χ1v) is 5.93. The zero-order valence-electron chi connectivity index (χ0n) is 7.76. The minimum Gasteiger partial charge on any atom is -0.227 e. The summed E-state index contributed by atoms with van der Waals surface area (Å²) in [5.74, 6) is 0.0725. The number of rotatable bonds is 5. The number of unbranched alkanes of at least 4 members (excludes halogenated alkanes) is 1. The van der Waals surface area contributed by atoms with Crippen molar-refractivity contribution in [3.05, 3.63) is 31.1 Å². The summed E-state index contributed by atoms with van der Waals surface area (Å²) in [6, 6.07) is 1.59. The van der Waals surface area contributed by atoms with Crippen LogP contribution in [0.25, 0.3) is 0 Å². The minimum atomic E-state index is -3.30. The lowest BCUT2D eigenvalue weighted by molar-refractivity contribution is 0.584. The summed E-state index contributed by atoms with van der Waals surface area (Å²) in [6.45, 7) is 3.53. The predicted molar refractivity (Wildman–Crippen MR) is 53.5 cm³/mol. The van der Waals surface area contributed by atoms with Crippen LogP contribution in [0.15, 0.2) is 36.3 Å². The number of hydrogen-bond donors (Lipinski definition) is 0. The molecule has 0 bridgehead atoms. The van der Waals surface area contributed by atoms with Crippen molar-refractivity contribution >= 4 is 9.84 Å². The Balaban J connectivity index is 2.72. The zero-order chi connectivity index (χ0) is 10.4. The van der Waals surface area contributed by atoms with Gasteiger partial charge in [-0.25, -0.2) is 18.4 Å². The molecule has 0 aliphatic heterocycles. The second-order valence-corrected chi connectivity index (χ2v) is 4.78. The Kier molecular flexibility index (Phi) is 3.76. The highest BCUT2D eigenvalue weighted by Crippen LogP contribution is 2.05.